The van der Waals surface area contributed by atoms with Gasteiger partial charge in [0.2, 0.25) is 5.91 Å². The van der Waals surface area contributed by atoms with E-state index in [-0.39, 0.29) is 11.8 Å². The maximum Gasteiger partial charge on any atom is 0.253 e. The van der Waals surface area contributed by atoms with Crippen LogP contribution in [0.5, 0.6) is 0 Å². The molecule has 0 N–H and O–H groups in total. The fraction of sp³-hybridized carbons (Fsp3) is 0.600. The minimum absolute atomic E-state index is 0.0649. The number of piperazine rings is 1. The summed E-state index contributed by atoms with van der Waals surface area (Å²) in [7, 11) is 3.97. The molecule has 1 aliphatic heterocycles. The van der Waals surface area contributed by atoms with Crippen molar-refractivity contribution in [1.29, 1.82) is 0 Å². The molecule has 1 aromatic rings. The highest BCUT2D eigenvalue weighted by atomic mass is 16.2. The van der Waals surface area contributed by atoms with E-state index in [1.165, 1.54) is 19.3 Å². The van der Waals surface area contributed by atoms with Crippen LogP contribution in [0.4, 0.5) is 5.69 Å². The Labute approximate surface area is 150 Å². The molecule has 0 radical (unpaired) electrons. The first-order valence-electron chi connectivity index (χ1n) is 9.41. The van der Waals surface area contributed by atoms with Gasteiger partial charge in [-0.3, -0.25) is 9.59 Å². The third-order valence-corrected chi connectivity index (χ3v) is 5.46. The fourth-order valence-electron chi connectivity index (χ4n) is 3.82. The maximum atomic E-state index is 12.7. The Morgan fingerprint density at radius 1 is 0.880 bits per heavy atom. The average molecular weight is 343 g/mol. The lowest BCUT2D eigenvalue weighted by molar-refractivity contribution is -0.138. The first-order chi connectivity index (χ1) is 12.1. The molecule has 3 rings (SSSR count). The standard InChI is InChI=1S/C20H29N3O2/c1-21(2)18-10-8-17(9-11-18)20(25)23-14-12-22(13-15-23)19(24)16-6-4-3-5-7-16/h8-11,16H,3-7,12-15H2,1-2H3. The second-order valence-electron chi connectivity index (χ2n) is 7.39. The molecule has 2 amide bonds. The van der Waals surface area contributed by atoms with Crippen molar-refractivity contribution < 1.29 is 9.59 Å². The molecule has 5 nitrogen and oxygen atoms in total. The van der Waals surface area contributed by atoms with Crippen LogP contribution >= 0.6 is 0 Å². The van der Waals surface area contributed by atoms with E-state index in [9.17, 15) is 9.59 Å². The number of hydrogen-bond acceptors (Lipinski definition) is 3. The van der Waals surface area contributed by atoms with E-state index in [1.54, 1.807) is 0 Å². The number of amides is 2. The largest absolute Gasteiger partial charge is 0.378 e. The highest BCUT2D eigenvalue weighted by Gasteiger charge is 2.29. The molecule has 0 spiro atoms. The van der Waals surface area contributed by atoms with Gasteiger partial charge in [0.15, 0.2) is 0 Å². The zero-order chi connectivity index (χ0) is 17.8. The predicted molar refractivity (Wildman–Crippen MR) is 99.8 cm³/mol. The molecule has 25 heavy (non-hydrogen) atoms. The second kappa shape index (κ2) is 7.89. The van der Waals surface area contributed by atoms with Crippen molar-refractivity contribution in [1.82, 2.24) is 9.80 Å². The summed E-state index contributed by atoms with van der Waals surface area (Å²) >= 11 is 0. The van der Waals surface area contributed by atoms with Gasteiger partial charge in [0, 0.05) is 57.4 Å². The van der Waals surface area contributed by atoms with Crippen molar-refractivity contribution in [2.75, 3.05) is 45.2 Å². The van der Waals surface area contributed by atoms with Crippen LogP contribution in [-0.2, 0) is 4.79 Å². The summed E-state index contributed by atoms with van der Waals surface area (Å²) < 4.78 is 0. The first kappa shape index (κ1) is 17.8. The van der Waals surface area contributed by atoms with E-state index in [4.69, 9.17) is 0 Å². The summed E-state index contributed by atoms with van der Waals surface area (Å²) in [6.45, 7) is 2.59. The zero-order valence-corrected chi connectivity index (χ0v) is 15.4. The first-order valence-corrected chi connectivity index (χ1v) is 9.41. The van der Waals surface area contributed by atoms with Gasteiger partial charge in [-0.05, 0) is 37.1 Å². The lowest BCUT2D eigenvalue weighted by Gasteiger charge is -2.37. The molecular formula is C20H29N3O2. The molecule has 0 aromatic heterocycles. The van der Waals surface area contributed by atoms with Crippen LogP contribution < -0.4 is 4.90 Å². The van der Waals surface area contributed by atoms with Gasteiger partial charge in [-0.2, -0.15) is 0 Å². The Balaban J connectivity index is 1.54. The Hall–Kier alpha value is -2.04. The van der Waals surface area contributed by atoms with E-state index in [2.05, 4.69) is 0 Å². The highest BCUT2D eigenvalue weighted by Crippen LogP contribution is 2.26. The van der Waals surface area contributed by atoms with Crippen molar-refractivity contribution in [2.24, 2.45) is 5.92 Å². The number of carbonyl (C=O) groups is 2. The van der Waals surface area contributed by atoms with Crippen molar-refractivity contribution in [3.8, 4) is 0 Å². The molecular weight excluding hydrogens is 314 g/mol. The fourth-order valence-corrected chi connectivity index (χ4v) is 3.82. The molecule has 0 bridgehead atoms. The molecule has 1 aromatic carbocycles. The van der Waals surface area contributed by atoms with Crippen LogP contribution in [0.2, 0.25) is 0 Å². The molecule has 1 saturated carbocycles. The van der Waals surface area contributed by atoms with Crippen molar-refractivity contribution in [3.63, 3.8) is 0 Å². The Morgan fingerprint density at radius 3 is 2.00 bits per heavy atom. The Kier molecular flexibility index (Phi) is 5.61. The minimum atomic E-state index is 0.0649. The minimum Gasteiger partial charge on any atom is -0.378 e. The number of rotatable bonds is 3. The van der Waals surface area contributed by atoms with Crippen molar-refractivity contribution in [3.05, 3.63) is 29.8 Å². The molecule has 136 valence electrons. The molecule has 2 fully saturated rings. The van der Waals surface area contributed by atoms with Crippen molar-refractivity contribution in [2.45, 2.75) is 32.1 Å². The summed E-state index contributed by atoms with van der Waals surface area (Å²) in [6.07, 6.45) is 5.70. The Morgan fingerprint density at radius 2 is 1.44 bits per heavy atom. The Bertz CT molecular complexity index is 598. The van der Waals surface area contributed by atoms with Gasteiger partial charge >= 0.3 is 0 Å². The third-order valence-electron chi connectivity index (χ3n) is 5.46. The van der Waals surface area contributed by atoms with Gasteiger partial charge in [0.1, 0.15) is 0 Å². The van der Waals surface area contributed by atoms with Gasteiger partial charge in [0.25, 0.3) is 5.91 Å². The molecule has 0 unspecified atom stereocenters. The number of anilines is 1. The van der Waals surface area contributed by atoms with E-state index in [1.807, 2.05) is 53.1 Å². The predicted octanol–water partition coefficient (Wildman–Crippen LogP) is 2.62. The van der Waals surface area contributed by atoms with Crippen LogP contribution in [0.15, 0.2) is 24.3 Å². The van der Waals surface area contributed by atoms with E-state index < -0.39 is 0 Å². The van der Waals surface area contributed by atoms with Crippen LogP contribution in [0.25, 0.3) is 0 Å². The third kappa shape index (κ3) is 4.14. The lowest BCUT2D eigenvalue weighted by Crippen LogP contribution is -2.52. The van der Waals surface area contributed by atoms with Crippen LogP contribution in [-0.4, -0.2) is 61.9 Å². The van der Waals surface area contributed by atoms with Gasteiger partial charge in [-0.1, -0.05) is 19.3 Å². The van der Waals surface area contributed by atoms with Gasteiger partial charge in [-0.25, -0.2) is 0 Å². The summed E-state index contributed by atoms with van der Waals surface area (Å²) in [5.74, 6) is 0.590. The second-order valence-corrected chi connectivity index (χ2v) is 7.39. The lowest BCUT2D eigenvalue weighted by atomic mass is 9.88. The van der Waals surface area contributed by atoms with Crippen LogP contribution in [0.1, 0.15) is 42.5 Å². The number of benzene rings is 1. The summed E-state index contributed by atoms with van der Waals surface area (Å²) in [4.78, 5) is 31.1. The topological polar surface area (TPSA) is 43.9 Å². The molecule has 1 aliphatic carbocycles. The van der Waals surface area contributed by atoms with Gasteiger partial charge < -0.3 is 14.7 Å². The number of nitrogens with zero attached hydrogens (tertiary/aromatic N) is 3. The molecule has 0 atom stereocenters. The number of hydrogen-bond donors (Lipinski definition) is 0. The molecule has 1 heterocycles. The summed E-state index contributed by atoms with van der Waals surface area (Å²) in [5, 5.41) is 0. The molecule has 5 heteroatoms. The van der Waals surface area contributed by atoms with Gasteiger partial charge in [-0.15, -0.1) is 0 Å². The maximum absolute atomic E-state index is 12.7. The van der Waals surface area contributed by atoms with E-state index >= 15 is 0 Å². The quantitative estimate of drug-likeness (QED) is 0.847. The van der Waals surface area contributed by atoms with E-state index in [0.717, 1.165) is 24.1 Å². The normalized spacial score (nSPS) is 19.0. The highest BCUT2D eigenvalue weighted by molar-refractivity contribution is 5.94. The number of carbonyl (C=O) groups excluding carboxylic acids is 2. The van der Waals surface area contributed by atoms with E-state index in [0.29, 0.717) is 32.1 Å². The summed E-state index contributed by atoms with van der Waals surface area (Å²) in [6, 6.07) is 7.71. The van der Waals surface area contributed by atoms with Crippen LogP contribution in [0.3, 0.4) is 0 Å². The average Bonchev–Trinajstić information content (AvgIpc) is 2.67. The van der Waals surface area contributed by atoms with Crippen LogP contribution in [0, 0.1) is 5.92 Å². The molecule has 2 aliphatic rings. The SMILES string of the molecule is CN(C)c1ccc(C(=O)N2CCN(C(=O)C3CCCCC3)CC2)cc1. The summed E-state index contributed by atoms with van der Waals surface area (Å²) in [5.41, 5.74) is 1.80. The van der Waals surface area contributed by atoms with Crippen molar-refractivity contribution >= 4 is 17.5 Å². The smallest absolute Gasteiger partial charge is 0.253 e. The monoisotopic (exact) mass is 343 g/mol. The van der Waals surface area contributed by atoms with Gasteiger partial charge in [0.05, 0.1) is 0 Å². The molecule has 1 saturated heterocycles. The zero-order valence-electron chi connectivity index (χ0n) is 15.4.